The highest BCUT2D eigenvalue weighted by Gasteiger charge is 2.17. The Morgan fingerprint density at radius 1 is 1.73 bits per heavy atom. The van der Waals surface area contributed by atoms with Crippen molar-refractivity contribution in [2.75, 3.05) is 5.32 Å². The molecule has 1 aliphatic rings. The number of aryl methyl sites for hydroxylation is 1. The maximum atomic E-state index is 5.65. The lowest BCUT2D eigenvalue weighted by Crippen LogP contribution is -2.17. The quantitative estimate of drug-likeness (QED) is 0.541. The van der Waals surface area contributed by atoms with Gasteiger partial charge in [0.15, 0.2) is 0 Å². The van der Waals surface area contributed by atoms with Crippen molar-refractivity contribution in [2.24, 2.45) is 17.8 Å². The SMILES string of the molecule is Cn1cnc2c1NC=NC2N. The van der Waals surface area contributed by atoms with Gasteiger partial charge in [-0.05, 0) is 0 Å². The first-order valence-corrected chi connectivity index (χ1v) is 3.34. The molecule has 0 fully saturated rings. The predicted molar refractivity (Wildman–Crippen MR) is 42.3 cm³/mol. The van der Waals surface area contributed by atoms with E-state index in [9.17, 15) is 0 Å². The molecule has 1 aromatic rings. The van der Waals surface area contributed by atoms with Crippen LogP contribution in [0.4, 0.5) is 5.82 Å². The Labute approximate surface area is 63.9 Å². The Morgan fingerprint density at radius 2 is 2.55 bits per heavy atom. The summed E-state index contributed by atoms with van der Waals surface area (Å²) in [6.07, 6.45) is 2.99. The number of hydrogen-bond acceptors (Lipinski definition) is 4. The Kier molecular flexibility index (Phi) is 1.19. The van der Waals surface area contributed by atoms with Crippen LogP contribution >= 0.6 is 0 Å². The fourth-order valence-corrected chi connectivity index (χ4v) is 1.09. The standard InChI is InChI=1S/C6H9N5/c1-11-3-10-4-5(7)8-2-9-6(4)11/h2-3,5H,7H2,1H3,(H,8,9). The van der Waals surface area contributed by atoms with Gasteiger partial charge < -0.3 is 15.6 Å². The zero-order valence-electron chi connectivity index (χ0n) is 6.15. The molecule has 5 nitrogen and oxygen atoms in total. The number of aromatic nitrogens is 2. The highest BCUT2D eigenvalue weighted by Crippen LogP contribution is 2.21. The summed E-state index contributed by atoms with van der Waals surface area (Å²) in [4.78, 5) is 8.05. The number of fused-ring (bicyclic) bond motifs is 1. The monoisotopic (exact) mass is 151 g/mol. The minimum atomic E-state index is -0.313. The number of imidazole rings is 1. The second-order valence-electron chi connectivity index (χ2n) is 2.46. The molecule has 0 saturated heterocycles. The van der Waals surface area contributed by atoms with E-state index in [2.05, 4.69) is 15.3 Å². The smallest absolute Gasteiger partial charge is 0.145 e. The van der Waals surface area contributed by atoms with Gasteiger partial charge in [-0.3, -0.25) is 4.99 Å². The van der Waals surface area contributed by atoms with Crippen LogP contribution in [0.1, 0.15) is 11.9 Å². The second-order valence-corrected chi connectivity index (χ2v) is 2.46. The first-order chi connectivity index (χ1) is 5.29. The fourth-order valence-electron chi connectivity index (χ4n) is 1.09. The zero-order chi connectivity index (χ0) is 7.84. The molecule has 2 heterocycles. The molecule has 0 aliphatic carbocycles. The molecule has 5 heteroatoms. The minimum Gasteiger partial charge on any atom is -0.331 e. The lowest BCUT2D eigenvalue weighted by atomic mass is 10.3. The molecular weight excluding hydrogens is 142 g/mol. The topological polar surface area (TPSA) is 68.2 Å². The summed E-state index contributed by atoms with van der Waals surface area (Å²) in [5.74, 6) is 0.924. The Bertz CT molecular complexity index is 300. The van der Waals surface area contributed by atoms with Gasteiger partial charge in [0.2, 0.25) is 0 Å². The van der Waals surface area contributed by atoms with E-state index in [0.717, 1.165) is 11.5 Å². The Balaban J connectivity index is 2.52. The van der Waals surface area contributed by atoms with Crippen LogP contribution in [0, 0.1) is 0 Å². The van der Waals surface area contributed by atoms with Crippen LogP contribution in [0.2, 0.25) is 0 Å². The van der Waals surface area contributed by atoms with Crippen molar-refractivity contribution < 1.29 is 0 Å². The molecule has 3 N–H and O–H groups in total. The summed E-state index contributed by atoms with van der Waals surface area (Å²) in [6.45, 7) is 0. The van der Waals surface area contributed by atoms with E-state index in [0.29, 0.717) is 0 Å². The van der Waals surface area contributed by atoms with Gasteiger partial charge >= 0.3 is 0 Å². The maximum absolute atomic E-state index is 5.65. The normalized spacial score (nSPS) is 21.1. The van der Waals surface area contributed by atoms with E-state index in [1.54, 1.807) is 12.7 Å². The van der Waals surface area contributed by atoms with Gasteiger partial charge in [0.1, 0.15) is 17.7 Å². The molecule has 1 unspecified atom stereocenters. The number of nitrogens with two attached hydrogens (primary N) is 1. The third-order valence-corrected chi connectivity index (χ3v) is 1.68. The molecule has 1 aliphatic heterocycles. The molecule has 0 bridgehead atoms. The van der Waals surface area contributed by atoms with Crippen molar-refractivity contribution in [3.05, 3.63) is 12.0 Å². The fraction of sp³-hybridized carbons (Fsp3) is 0.333. The molecule has 0 spiro atoms. The van der Waals surface area contributed by atoms with Gasteiger partial charge in [-0.1, -0.05) is 0 Å². The number of nitrogens with one attached hydrogen (secondary N) is 1. The van der Waals surface area contributed by atoms with E-state index in [4.69, 9.17) is 5.73 Å². The maximum Gasteiger partial charge on any atom is 0.145 e. The number of anilines is 1. The average molecular weight is 151 g/mol. The summed E-state index contributed by atoms with van der Waals surface area (Å²) in [7, 11) is 1.91. The molecule has 0 amide bonds. The van der Waals surface area contributed by atoms with Gasteiger partial charge in [0.25, 0.3) is 0 Å². The number of nitrogens with zero attached hydrogens (tertiary/aromatic N) is 3. The Hall–Kier alpha value is -1.36. The van der Waals surface area contributed by atoms with Crippen molar-refractivity contribution in [3.8, 4) is 0 Å². The van der Waals surface area contributed by atoms with Gasteiger partial charge in [0, 0.05) is 7.05 Å². The predicted octanol–water partition coefficient (Wildman–Crippen LogP) is -0.169. The molecule has 0 radical (unpaired) electrons. The Morgan fingerprint density at radius 3 is 3.27 bits per heavy atom. The van der Waals surface area contributed by atoms with Crippen molar-refractivity contribution >= 4 is 12.2 Å². The lowest BCUT2D eigenvalue weighted by Gasteiger charge is -2.12. The molecule has 58 valence electrons. The first kappa shape index (κ1) is 6.36. The van der Waals surface area contributed by atoms with Crippen LogP contribution in [-0.4, -0.2) is 15.9 Å². The average Bonchev–Trinajstić information content (AvgIpc) is 2.35. The van der Waals surface area contributed by atoms with Crippen LogP contribution < -0.4 is 11.1 Å². The van der Waals surface area contributed by atoms with Crippen molar-refractivity contribution in [1.29, 1.82) is 0 Å². The molecule has 11 heavy (non-hydrogen) atoms. The van der Waals surface area contributed by atoms with Crippen LogP contribution in [0.3, 0.4) is 0 Å². The van der Waals surface area contributed by atoms with Gasteiger partial charge in [0.05, 0.1) is 12.7 Å². The van der Waals surface area contributed by atoms with Crippen molar-refractivity contribution in [2.45, 2.75) is 6.17 Å². The number of hydrogen-bond donors (Lipinski definition) is 2. The van der Waals surface area contributed by atoms with E-state index in [1.165, 1.54) is 0 Å². The molecule has 1 aromatic heterocycles. The first-order valence-electron chi connectivity index (χ1n) is 3.34. The van der Waals surface area contributed by atoms with Crippen LogP contribution in [0.5, 0.6) is 0 Å². The highest BCUT2D eigenvalue weighted by atomic mass is 15.2. The summed E-state index contributed by atoms with van der Waals surface area (Å²) in [5.41, 5.74) is 6.45. The van der Waals surface area contributed by atoms with Gasteiger partial charge in [-0.2, -0.15) is 0 Å². The summed E-state index contributed by atoms with van der Waals surface area (Å²) in [5, 5.41) is 2.97. The van der Waals surface area contributed by atoms with Crippen LogP contribution in [0.15, 0.2) is 11.3 Å². The van der Waals surface area contributed by atoms with Crippen LogP contribution in [0.25, 0.3) is 0 Å². The van der Waals surface area contributed by atoms with E-state index < -0.39 is 0 Å². The number of rotatable bonds is 0. The van der Waals surface area contributed by atoms with E-state index in [-0.39, 0.29) is 6.17 Å². The molecule has 2 rings (SSSR count). The summed E-state index contributed by atoms with van der Waals surface area (Å²) < 4.78 is 1.88. The number of aliphatic imine (C=N–C) groups is 1. The van der Waals surface area contributed by atoms with Crippen molar-refractivity contribution in [3.63, 3.8) is 0 Å². The zero-order valence-corrected chi connectivity index (χ0v) is 6.15. The molecule has 0 aromatic carbocycles. The van der Waals surface area contributed by atoms with Gasteiger partial charge in [-0.15, -0.1) is 0 Å². The van der Waals surface area contributed by atoms with Crippen LogP contribution in [-0.2, 0) is 7.05 Å². The summed E-state index contributed by atoms with van der Waals surface area (Å²) in [6, 6.07) is 0. The highest BCUT2D eigenvalue weighted by molar-refractivity contribution is 5.77. The van der Waals surface area contributed by atoms with E-state index >= 15 is 0 Å². The lowest BCUT2D eigenvalue weighted by molar-refractivity contribution is 0.747. The molecule has 1 atom stereocenters. The third kappa shape index (κ3) is 0.813. The molecular formula is C6H9N5. The van der Waals surface area contributed by atoms with Crippen molar-refractivity contribution in [1.82, 2.24) is 9.55 Å². The minimum absolute atomic E-state index is 0.313. The largest absolute Gasteiger partial charge is 0.331 e. The molecule has 0 saturated carbocycles. The summed E-state index contributed by atoms with van der Waals surface area (Å²) >= 11 is 0. The second kappa shape index (κ2) is 2.06. The van der Waals surface area contributed by atoms with Gasteiger partial charge in [-0.25, -0.2) is 4.98 Å². The third-order valence-electron chi connectivity index (χ3n) is 1.68. The van der Waals surface area contributed by atoms with E-state index in [1.807, 2.05) is 11.6 Å².